The van der Waals surface area contributed by atoms with Crippen LogP contribution in [0.25, 0.3) is 11.1 Å². The minimum absolute atomic E-state index is 0.0846. The maximum Gasteiger partial charge on any atom is 0.270 e. The zero-order chi connectivity index (χ0) is 24.6. The molecule has 6 nitrogen and oxygen atoms in total. The molecule has 0 fully saturated rings. The van der Waals surface area contributed by atoms with E-state index in [0.717, 1.165) is 24.3 Å². The number of benzene rings is 3. The van der Waals surface area contributed by atoms with Gasteiger partial charge in [-0.15, -0.1) is 0 Å². The van der Waals surface area contributed by atoms with Gasteiger partial charge in [-0.25, -0.2) is 16.8 Å². The molecule has 0 radical (unpaired) electrons. The average Bonchev–Trinajstić information content (AvgIpc) is 3.11. The number of hydrogen-bond acceptors (Lipinski definition) is 5. The predicted molar refractivity (Wildman–Crippen MR) is 128 cm³/mol. The largest absolute Gasteiger partial charge is 0.383 e. The molecule has 0 aliphatic carbocycles. The van der Waals surface area contributed by atoms with Crippen molar-refractivity contribution in [3.05, 3.63) is 105 Å². The van der Waals surface area contributed by atoms with Gasteiger partial charge >= 0.3 is 0 Å². The van der Waals surface area contributed by atoms with Crippen LogP contribution in [0.5, 0.6) is 0 Å². The summed E-state index contributed by atoms with van der Waals surface area (Å²) in [6, 6.07) is 18.3. The first-order chi connectivity index (χ1) is 16.2. The lowest BCUT2D eigenvalue weighted by atomic mass is 9.97. The minimum atomic E-state index is -4.55. The lowest BCUT2D eigenvalue weighted by Crippen LogP contribution is -2.21. The molecule has 1 aromatic heterocycles. The Morgan fingerprint density at radius 2 is 1.50 bits per heavy atom. The van der Waals surface area contributed by atoms with Crippen LogP contribution in [0.15, 0.2) is 77.7 Å². The van der Waals surface area contributed by atoms with E-state index in [0.29, 0.717) is 3.97 Å². The van der Waals surface area contributed by atoms with Crippen molar-refractivity contribution >= 4 is 44.8 Å². The van der Waals surface area contributed by atoms with Gasteiger partial charge in [0.1, 0.15) is 29.0 Å². The number of ketones is 1. The van der Waals surface area contributed by atoms with E-state index in [1.54, 1.807) is 24.3 Å². The molecule has 0 unspecified atom stereocenters. The summed E-state index contributed by atoms with van der Waals surface area (Å²) in [6.45, 7) is 0. The summed E-state index contributed by atoms with van der Waals surface area (Å²) in [7, 11) is -4.55. The summed E-state index contributed by atoms with van der Waals surface area (Å²) < 4.78 is 41.3. The SMILES string of the molecule is N#Cc1c(-c2c(Cl)cccc2Cl)c(C(=O)c2ccccc2)n(S(=O)(=O)c2ccc(F)cc2)c1N. The van der Waals surface area contributed by atoms with Gasteiger partial charge in [-0.2, -0.15) is 5.26 Å². The van der Waals surface area contributed by atoms with E-state index in [1.807, 2.05) is 6.07 Å². The summed E-state index contributed by atoms with van der Waals surface area (Å²) in [5.41, 5.74) is 5.57. The molecule has 0 saturated heterocycles. The molecule has 0 spiro atoms. The smallest absolute Gasteiger partial charge is 0.270 e. The molecule has 3 aromatic carbocycles. The Labute approximate surface area is 204 Å². The molecule has 1 heterocycles. The first kappa shape index (κ1) is 23.5. The number of anilines is 1. The lowest BCUT2D eigenvalue weighted by Gasteiger charge is -2.14. The third-order valence-electron chi connectivity index (χ3n) is 5.09. The molecule has 10 heteroatoms. The van der Waals surface area contributed by atoms with Gasteiger partial charge in [-0.1, -0.05) is 59.6 Å². The van der Waals surface area contributed by atoms with Crippen molar-refractivity contribution < 1.29 is 17.6 Å². The summed E-state index contributed by atoms with van der Waals surface area (Å²) in [5, 5.41) is 10.1. The number of nitrogens with zero attached hydrogens (tertiary/aromatic N) is 2. The predicted octanol–water partition coefficient (Wildman–Crippen LogP) is 5.52. The molecule has 2 N–H and O–H groups in total. The number of nitrogens with two attached hydrogens (primary N) is 1. The highest BCUT2D eigenvalue weighted by Crippen LogP contribution is 2.43. The molecule has 0 aliphatic heterocycles. The van der Waals surface area contributed by atoms with Gasteiger partial charge in [-0.05, 0) is 36.4 Å². The van der Waals surface area contributed by atoms with Gasteiger partial charge in [-0.3, -0.25) is 4.79 Å². The highest BCUT2D eigenvalue weighted by atomic mass is 35.5. The quantitative estimate of drug-likeness (QED) is 0.353. The lowest BCUT2D eigenvalue weighted by molar-refractivity contribution is 0.103. The molecule has 4 rings (SSSR count). The minimum Gasteiger partial charge on any atom is -0.383 e. The van der Waals surface area contributed by atoms with Gasteiger partial charge in [0.05, 0.1) is 14.9 Å². The van der Waals surface area contributed by atoms with Crippen LogP contribution >= 0.6 is 23.2 Å². The number of halogens is 3. The summed E-state index contributed by atoms with van der Waals surface area (Å²) >= 11 is 12.8. The molecule has 0 aliphatic rings. The summed E-state index contributed by atoms with van der Waals surface area (Å²) in [5.74, 6) is -1.89. The Kier molecular flexibility index (Phi) is 6.19. The fourth-order valence-electron chi connectivity index (χ4n) is 3.56. The van der Waals surface area contributed by atoms with Crippen molar-refractivity contribution in [2.75, 3.05) is 5.73 Å². The Hall–Kier alpha value is -3.64. The van der Waals surface area contributed by atoms with Crippen molar-refractivity contribution in [3.63, 3.8) is 0 Å². The molecule has 170 valence electrons. The second-order valence-corrected chi connectivity index (χ2v) is 9.71. The third kappa shape index (κ3) is 3.84. The van der Waals surface area contributed by atoms with Gasteiger partial charge in [0.25, 0.3) is 10.0 Å². The summed E-state index contributed by atoms with van der Waals surface area (Å²) in [6.07, 6.45) is 0. The summed E-state index contributed by atoms with van der Waals surface area (Å²) in [4.78, 5) is 13.4. The first-order valence-electron chi connectivity index (χ1n) is 9.68. The van der Waals surface area contributed by atoms with E-state index in [2.05, 4.69) is 0 Å². The molecule has 34 heavy (non-hydrogen) atoms. The van der Waals surface area contributed by atoms with Gasteiger partial charge < -0.3 is 5.73 Å². The number of nitriles is 1. The molecule has 0 saturated carbocycles. The third-order valence-corrected chi connectivity index (χ3v) is 7.45. The average molecular weight is 514 g/mol. The van der Waals surface area contributed by atoms with E-state index < -0.39 is 33.1 Å². The van der Waals surface area contributed by atoms with Crippen LogP contribution in [0.3, 0.4) is 0 Å². The second kappa shape index (κ2) is 8.95. The second-order valence-electron chi connectivity index (χ2n) is 7.11. The topological polar surface area (TPSA) is 106 Å². The van der Waals surface area contributed by atoms with Gasteiger partial charge in [0.2, 0.25) is 5.78 Å². The van der Waals surface area contributed by atoms with E-state index in [4.69, 9.17) is 28.9 Å². The highest BCUT2D eigenvalue weighted by Gasteiger charge is 2.35. The molecular formula is C24H14Cl2FN3O3S. The number of nitrogen functional groups attached to an aromatic ring is 1. The van der Waals surface area contributed by atoms with Crippen LogP contribution in [0.2, 0.25) is 10.0 Å². The maximum absolute atomic E-state index is 13.7. The standard InChI is InChI=1S/C24H14Cl2FN3O3S/c25-18-7-4-8-19(26)21(18)20-17(13-28)24(29)30(22(20)23(31)14-5-2-1-3-6-14)34(32,33)16-11-9-15(27)10-12-16/h1-12H,29H2. The zero-order valence-corrected chi connectivity index (χ0v) is 19.5. The van der Waals surface area contributed by atoms with E-state index in [-0.39, 0.29) is 37.2 Å². The van der Waals surface area contributed by atoms with E-state index in [1.165, 1.54) is 24.3 Å². The number of rotatable bonds is 5. The van der Waals surface area contributed by atoms with Crippen molar-refractivity contribution in [3.8, 4) is 17.2 Å². The van der Waals surface area contributed by atoms with Crippen LogP contribution in [0.1, 0.15) is 21.6 Å². The van der Waals surface area contributed by atoms with E-state index >= 15 is 0 Å². The number of aromatic nitrogens is 1. The van der Waals surface area contributed by atoms with Crippen LogP contribution in [-0.2, 0) is 10.0 Å². The molecule has 4 aromatic rings. The van der Waals surface area contributed by atoms with Crippen LogP contribution < -0.4 is 5.73 Å². The Balaban J connectivity index is 2.17. The van der Waals surface area contributed by atoms with E-state index in [9.17, 15) is 22.9 Å². The fourth-order valence-corrected chi connectivity index (χ4v) is 5.60. The van der Waals surface area contributed by atoms with Crippen LogP contribution in [-0.4, -0.2) is 18.2 Å². The monoisotopic (exact) mass is 513 g/mol. The highest BCUT2D eigenvalue weighted by molar-refractivity contribution is 7.90. The van der Waals surface area contributed by atoms with Gasteiger partial charge in [0.15, 0.2) is 0 Å². The van der Waals surface area contributed by atoms with Crippen molar-refractivity contribution in [1.82, 2.24) is 3.97 Å². The molecule has 0 bridgehead atoms. The normalized spacial score (nSPS) is 11.2. The van der Waals surface area contributed by atoms with Crippen LogP contribution in [0, 0.1) is 17.1 Å². The van der Waals surface area contributed by atoms with Crippen molar-refractivity contribution in [2.24, 2.45) is 0 Å². The zero-order valence-electron chi connectivity index (χ0n) is 17.2. The first-order valence-corrected chi connectivity index (χ1v) is 11.9. The molecular weight excluding hydrogens is 500 g/mol. The van der Waals surface area contributed by atoms with Crippen molar-refractivity contribution in [2.45, 2.75) is 4.90 Å². The number of carbonyl (C=O) groups is 1. The van der Waals surface area contributed by atoms with Gasteiger partial charge in [0, 0.05) is 16.7 Å². The Morgan fingerprint density at radius 3 is 2.06 bits per heavy atom. The Morgan fingerprint density at radius 1 is 0.912 bits per heavy atom. The maximum atomic E-state index is 13.7. The fraction of sp³-hybridized carbons (Fsp3) is 0. The number of carbonyl (C=O) groups excluding carboxylic acids is 1. The van der Waals surface area contributed by atoms with Crippen LogP contribution in [0.4, 0.5) is 10.2 Å². The Bertz CT molecular complexity index is 1560. The van der Waals surface area contributed by atoms with Crippen molar-refractivity contribution in [1.29, 1.82) is 5.26 Å². The molecule has 0 atom stereocenters. The molecule has 0 amide bonds. The number of hydrogen-bond donors (Lipinski definition) is 1.